The Balaban J connectivity index is 1.09. The highest BCUT2D eigenvalue weighted by atomic mass is 32.2. The SMILES string of the molecule is CC1(C)CCC(C)(C)c2cc(N(c3ccccc3)c3ccc4c(c3)Sc3cc(-c5ccccc5)ccc3C43C4CC5CC6CC3C64C5)ccc21. The van der Waals surface area contributed by atoms with E-state index in [1.807, 2.05) is 11.8 Å². The third-order valence-electron chi connectivity index (χ3n) is 15.0. The maximum absolute atomic E-state index is 2.58. The number of para-hydroxylation sites is 1. The van der Waals surface area contributed by atoms with E-state index in [1.165, 1.54) is 87.6 Å². The van der Waals surface area contributed by atoms with E-state index in [0.29, 0.717) is 5.41 Å². The smallest absolute Gasteiger partial charge is 0.0473 e. The fraction of sp³-hybridized carbons (Fsp3) is 0.375. The van der Waals surface area contributed by atoms with Crippen LogP contribution in [0.3, 0.4) is 0 Å². The van der Waals surface area contributed by atoms with E-state index < -0.39 is 0 Å². The van der Waals surface area contributed by atoms with Gasteiger partial charge in [0.2, 0.25) is 0 Å². The van der Waals surface area contributed by atoms with Gasteiger partial charge < -0.3 is 4.90 Å². The number of nitrogens with zero attached hydrogens (tertiary/aromatic N) is 1. The summed E-state index contributed by atoms with van der Waals surface area (Å²) in [5, 5.41) is 0. The molecule has 250 valence electrons. The molecule has 1 heterocycles. The molecule has 11 rings (SSSR count). The van der Waals surface area contributed by atoms with Crippen LogP contribution in [0.25, 0.3) is 11.1 Å². The number of hydrogen-bond acceptors (Lipinski definition) is 2. The molecule has 2 heteroatoms. The van der Waals surface area contributed by atoms with E-state index in [1.54, 1.807) is 11.1 Å². The summed E-state index contributed by atoms with van der Waals surface area (Å²) in [6, 6.07) is 44.6. The van der Waals surface area contributed by atoms with Crippen molar-refractivity contribution in [3.63, 3.8) is 0 Å². The lowest BCUT2D eigenvalue weighted by atomic mass is 9.26. The predicted molar refractivity (Wildman–Crippen MR) is 208 cm³/mol. The number of fused-ring (bicyclic) bond motifs is 8. The summed E-state index contributed by atoms with van der Waals surface area (Å²) in [7, 11) is 0. The monoisotopic (exact) mass is 669 g/mol. The molecule has 2 spiro atoms. The lowest BCUT2D eigenvalue weighted by Gasteiger charge is -2.78. The van der Waals surface area contributed by atoms with E-state index in [4.69, 9.17) is 0 Å². The molecule has 0 saturated heterocycles. The van der Waals surface area contributed by atoms with Crippen LogP contribution in [0.4, 0.5) is 17.1 Å². The van der Waals surface area contributed by atoms with Crippen LogP contribution in [-0.4, -0.2) is 0 Å². The standard InChI is InChI=1S/C48H47NS/c1-45(2)21-22-46(3,4)40-27-35(16-19-37(40)45)49(34-13-9-6-10-14-34)36-17-20-39-42(28-36)50-41-25-32(31-11-7-5-8-12-31)15-18-38(41)48(39)43-24-30-23-33-26-44(48)47(33,43)29-30/h5-20,25,27-28,30,33,43-44H,21-24,26,29H2,1-4H3. The van der Waals surface area contributed by atoms with Gasteiger partial charge in [-0.15, -0.1) is 0 Å². The highest BCUT2D eigenvalue weighted by molar-refractivity contribution is 7.99. The summed E-state index contributed by atoms with van der Waals surface area (Å²) < 4.78 is 0. The molecule has 1 aliphatic heterocycles. The van der Waals surface area contributed by atoms with Crippen molar-refractivity contribution >= 4 is 28.8 Å². The average molecular weight is 670 g/mol. The van der Waals surface area contributed by atoms with Crippen LogP contribution in [0.5, 0.6) is 0 Å². The summed E-state index contributed by atoms with van der Waals surface area (Å²) >= 11 is 2.03. The van der Waals surface area contributed by atoms with E-state index in [2.05, 4.69) is 148 Å². The van der Waals surface area contributed by atoms with Gasteiger partial charge in [-0.1, -0.05) is 112 Å². The molecular formula is C48H47NS. The molecule has 4 fully saturated rings. The van der Waals surface area contributed by atoms with E-state index in [-0.39, 0.29) is 16.2 Å². The Morgan fingerprint density at radius 3 is 1.90 bits per heavy atom. The number of benzene rings is 5. The molecule has 0 aromatic heterocycles. The number of hydrogen-bond donors (Lipinski definition) is 0. The lowest BCUT2D eigenvalue weighted by Crippen LogP contribution is -2.74. The second-order valence-corrected chi connectivity index (χ2v) is 19.2. The Morgan fingerprint density at radius 2 is 1.16 bits per heavy atom. The summed E-state index contributed by atoms with van der Waals surface area (Å²) in [5.41, 5.74) is 13.8. The molecule has 1 nitrogen and oxygen atoms in total. The molecular weight excluding hydrogens is 623 g/mol. The van der Waals surface area contributed by atoms with Crippen molar-refractivity contribution in [1.29, 1.82) is 0 Å². The fourth-order valence-corrected chi connectivity index (χ4v) is 14.1. The van der Waals surface area contributed by atoms with Crippen molar-refractivity contribution in [3.05, 3.63) is 138 Å². The Morgan fingerprint density at radius 1 is 0.540 bits per heavy atom. The summed E-state index contributed by atoms with van der Waals surface area (Å²) in [6.07, 6.45) is 8.31. The summed E-state index contributed by atoms with van der Waals surface area (Å²) in [5.74, 6) is 3.52. The maximum Gasteiger partial charge on any atom is 0.0473 e. The second kappa shape index (κ2) is 9.97. The fourth-order valence-electron chi connectivity index (χ4n) is 12.8. The zero-order chi connectivity index (χ0) is 33.6. The van der Waals surface area contributed by atoms with E-state index in [0.717, 1.165) is 23.7 Å². The first kappa shape index (κ1) is 29.9. The Bertz CT molecular complexity index is 2200. The van der Waals surface area contributed by atoms with E-state index >= 15 is 0 Å². The minimum absolute atomic E-state index is 0.156. The van der Waals surface area contributed by atoms with Crippen molar-refractivity contribution in [1.82, 2.24) is 0 Å². The zero-order valence-corrected chi connectivity index (χ0v) is 30.7. The van der Waals surface area contributed by atoms with Crippen LogP contribution in [0.15, 0.2) is 125 Å². The average Bonchev–Trinajstić information content (AvgIpc) is 3.66. The predicted octanol–water partition coefficient (Wildman–Crippen LogP) is 13.0. The summed E-state index contributed by atoms with van der Waals surface area (Å²) in [6.45, 7) is 9.75. The van der Waals surface area contributed by atoms with Crippen LogP contribution in [0.1, 0.15) is 88.5 Å². The molecule has 5 aliphatic carbocycles. The van der Waals surface area contributed by atoms with Gasteiger partial charge in [-0.3, -0.25) is 0 Å². The molecule has 5 aromatic rings. The number of anilines is 3. The normalized spacial score (nSPS) is 31.1. The molecule has 6 unspecified atom stereocenters. The van der Waals surface area contributed by atoms with E-state index in [9.17, 15) is 0 Å². The second-order valence-electron chi connectivity index (χ2n) is 18.1. The minimum atomic E-state index is 0.156. The molecule has 0 radical (unpaired) electrons. The third-order valence-corrected chi connectivity index (χ3v) is 16.2. The quantitative estimate of drug-likeness (QED) is 0.187. The van der Waals surface area contributed by atoms with Gasteiger partial charge in [0.15, 0.2) is 0 Å². The topological polar surface area (TPSA) is 3.24 Å². The van der Waals surface area contributed by atoms with Crippen molar-refractivity contribution in [3.8, 4) is 11.1 Å². The van der Waals surface area contributed by atoms with Crippen molar-refractivity contribution in [2.24, 2.45) is 29.1 Å². The van der Waals surface area contributed by atoms with Crippen LogP contribution in [-0.2, 0) is 16.2 Å². The highest BCUT2D eigenvalue weighted by Crippen LogP contribution is 2.89. The first-order chi connectivity index (χ1) is 24.2. The largest absolute Gasteiger partial charge is 0.310 e. The van der Waals surface area contributed by atoms with Gasteiger partial charge in [0.05, 0.1) is 0 Å². The number of rotatable bonds is 4. The molecule has 4 saturated carbocycles. The molecule has 2 bridgehead atoms. The van der Waals surface area contributed by atoms with Crippen LogP contribution in [0.2, 0.25) is 0 Å². The van der Waals surface area contributed by atoms with Crippen molar-refractivity contribution in [2.75, 3.05) is 4.90 Å². The Kier molecular flexibility index (Phi) is 5.97. The van der Waals surface area contributed by atoms with Gasteiger partial charge in [0.25, 0.3) is 0 Å². The van der Waals surface area contributed by atoms with Crippen LogP contribution >= 0.6 is 11.8 Å². The van der Waals surface area contributed by atoms with Crippen molar-refractivity contribution < 1.29 is 0 Å². The maximum atomic E-state index is 2.58. The first-order valence-electron chi connectivity index (χ1n) is 19.2. The van der Waals surface area contributed by atoms with Gasteiger partial charge in [0.1, 0.15) is 0 Å². The van der Waals surface area contributed by atoms with Crippen LogP contribution in [0, 0.1) is 29.1 Å². The molecule has 50 heavy (non-hydrogen) atoms. The molecule has 5 aromatic carbocycles. The first-order valence-corrected chi connectivity index (χ1v) is 20.0. The third kappa shape index (κ3) is 3.72. The summed E-state index contributed by atoms with van der Waals surface area (Å²) in [4.78, 5) is 5.49. The molecule has 6 atom stereocenters. The van der Waals surface area contributed by atoms with Crippen molar-refractivity contribution in [2.45, 2.75) is 92.3 Å². The van der Waals surface area contributed by atoms with Gasteiger partial charge >= 0.3 is 0 Å². The molecule has 0 N–H and O–H groups in total. The van der Waals surface area contributed by atoms with Gasteiger partial charge in [-0.2, -0.15) is 0 Å². The van der Waals surface area contributed by atoms with Gasteiger partial charge in [-0.05, 0) is 154 Å². The molecule has 6 aliphatic rings. The van der Waals surface area contributed by atoms with Gasteiger partial charge in [-0.25, -0.2) is 0 Å². The zero-order valence-electron chi connectivity index (χ0n) is 29.9. The lowest BCUT2D eigenvalue weighted by molar-refractivity contribution is -0.235. The minimum Gasteiger partial charge on any atom is -0.310 e. The van der Waals surface area contributed by atoms with Gasteiger partial charge in [0, 0.05) is 32.3 Å². The Labute approximate surface area is 302 Å². The highest BCUT2D eigenvalue weighted by Gasteiger charge is 2.84. The molecule has 0 amide bonds. The van der Waals surface area contributed by atoms with Crippen LogP contribution < -0.4 is 4.90 Å². The Hall–Kier alpha value is -3.75.